The van der Waals surface area contributed by atoms with Crippen LogP contribution in [0.4, 0.5) is 17.6 Å². The molecule has 1 saturated carbocycles. The molecular weight excluding hydrogens is 572 g/mol. The second kappa shape index (κ2) is 10.9. The van der Waals surface area contributed by atoms with Gasteiger partial charge in [-0.2, -0.15) is 13.2 Å². The average molecular weight is 597 g/mol. The van der Waals surface area contributed by atoms with Crippen molar-refractivity contribution in [1.29, 1.82) is 0 Å². The first-order chi connectivity index (χ1) is 21.2. The Morgan fingerprint density at radius 2 is 1.64 bits per heavy atom. The van der Waals surface area contributed by atoms with E-state index >= 15 is 0 Å². The van der Waals surface area contributed by atoms with E-state index in [-0.39, 0.29) is 47.2 Å². The van der Waals surface area contributed by atoms with Gasteiger partial charge in [-0.25, -0.2) is 9.37 Å². The van der Waals surface area contributed by atoms with Gasteiger partial charge < -0.3 is 4.42 Å². The summed E-state index contributed by atoms with van der Waals surface area (Å²) in [5.41, 5.74) is 3.03. The summed E-state index contributed by atoms with van der Waals surface area (Å²) in [5.74, 6) is -0.365. The van der Waals surface area contributed by atoms with Crippen LogP contribution in [-0.2, 0) is 23.8 Å². The zero-order valence-electron chi connectivity index (χ0n) is 23.2. The number of carbonyl (C=O) groups is 1. The molecule has 0 saturated heterocycles. The molecule has 0 unspecified atom stereocenters. The standard InChI is InChI=1S/C34H24F4N4O2/c35-27-8-4-7-24-26(27)16-29(43)28(40-31(24)22-5-2-1-3-6-22)17-30-41-42-33(44-30)32-25(15-23(18-39-32)34(36,37)38)21-13-11-20(12-14-21)19-9-10-19/h1-8,11-15,18-19,28H,9-10,16-17H2/t28-/m1/s1. The van der Waals surface area contributed by atoms with Gasteiger partial charge >= 0.3 is 6.18 Å². The molecule has 2 aliphatic rings. The lowest BCUT2D eigenvalue weighted by Crippen LogP contribution is -2.23. The third-order valence-electron chi connectivity index (χ3n) is 7.95. The highest BCUT2D eigenvalue weighted by Crippen LogP contribution is 2.41. The number of Topliss-reactive ketones (excluding diaryl/α,β-unsaturated/α-hetero) is 1. The van der Waals surface area contributed by atoms with Crippen molar-refractivity contribution in [3.05, 3.63) is 125 Å². The Morgan fingerprint density at radius 3 is 2.36 bits per heavy atom. The number of pyridine rings is 1. The molecule has 3 aromatic carbocycles. The summed E-state index contributed by atoms with van der Waals surface area (Å²) in [5, 5.41) is 8.18. The molecule has 7 rings (SSSR count). The third kappa shape index (κ3) is 5.43. The van der Waals surface area contributed by atoms with E-state index in [1.807, 2.05) is 42.5 Å². The van der Waals surface area contributed by atoms with Gasteiger partial charge in [0.2, 0.25) is 5.89 Å². The van der Waals surface area contributed by atoms with Crippen LogP contribution in [0.2, 0.25) is 0 Å². The molecule has 0 radical (unpaired) electrons. The monoisotopic (exact) mass is 596 g/mol. The molecule has 5 aromatic rings. The van der Waals surface area contributed by atoms with Crippen LogP contribution in [0.25, 0.3) is 22.7 Å². The van der Waals surface area contributed by atoms with Crippen LogP contribution in [0.3, 0.4) is 0 Å². The molecule has 6 nitrogen and oxygen atoms in total. The quantitative estimate of drug-likeness (QED) is 0.191. The molecule has 1 aliphatic carbocycles. The Balaban J connectivity index is 1.24. The van der Waals surface area contributed by atoms with Crippen molar-refractivity contribution in [1.82, 2.24) is 15.2 Å². The van der Waals surface area contributed by atoms with Crippen molar-refractivity contribution in [3.63, 3.8) is 0 Å². The highest BCUT2D eigenvalue weighted by Gasteiger charge is 2.33. The Hall–Kier alpha value is -4.99. The first-order valence-electron chi connectivity index (χ1n) is 14.2. The van der Waals surface area contributed by atoms with Crippen molar-refractivity contribution in [2.75, 3.05) is 0 Å². The van der Waals surface area contributed by atoms with Crippen molar-refractivity contribution >= 4 is 11.5 Å². The Kier molecular flexibility index (Phi) is 6.91. The predicted molar refractivity (Wildman–Crippen MR) is 155 cm³/mol. The molecule has 0 amide bonds. The molecule has 1 aliphatic heterocycles. The van der Waals surface area contributed by atoms with Crippen LogP contribution in [0.15, 0.2) is 94.5 Å². The molecule has 220 valence electrons. The number of fused-ring (bicyclic) bond motifs is 1. The number of halogens is 4. The number of alkyl halides is 3. The van der Waals surface area contributed by atoms with E-state index in [1.165, 1.54) is 6.07 Å². The maximum Gasteiger partial charge on any atom is 0.417 e. The van der Waals surface area contributed by atoms with E-state index < -0.39 is 23.6 Å². The largest absolute Gasteiger partial charge is 0.419 e. The Labute approximate surface area is 249 Å². The van der Waals surface area contributed by atoms with Gasteiger partial charge in [0.05, 0.1) is 17.7 Å². The molecule has 1 atom stereocenters. The summed E-state index contributed by atoms with van der Waals surface area (Å²) in [6.07, 6.45) is -1.92. The van der Waals surface area contributed by atoms with E-state index in [1.54, 1.807) is 24.3 Å². The van der Waals surface area contributed by atoms with Crippen molar-refractivity contribution in [2.24, 2.45) is 4.99 Å². The van der Waals surface area contributed by atoms with Gasteiger partial charge in [-0.1, -0.05) is 66.7 Å². The minimum Gasteiger partial charge on any atom is -0.419 e. The third-order valence-corrected chi connectivity index (χ3v) is 7.95. The van der Waals surface area contributed by atoms with Gasteiger partial charge in [-0.05, 0) is 42.0 Å². The zero-order valence-corrected chi connectivity index (χ0v) is 23.2. The minimum atomic E-state index is -4.60. The molecule has 10 heteroatoms. The van der Waals surface area contributed by atoms with Gasteiger partial charge in [-0.3, -0.25) is 9.79 Å². The lowest BCUT2D eigenvalue weighted by Gasteiger charge is -2.12. The van der Waals surface area contributed by atoms with Crippen molar-refractivity contribution in [2.45, 2.75) is 43.8 Å². The van der Waals surface area contributed by atoms with E-state index in [0.29, 0.717) is 22.8 Å². The fourth-order valence-electron chi connectivity index (χ4n) is 5.49. The Bertz CT molecular complexity index is 1900. The maximum atomic E-state index is 14.9. The minimum absolute atomic E-state index is 0.0534. The van der Waals surface area contributed by atoms with E-state index in [0.717, 1.165) is 36.2 Å². The first-order valence-corrected chi connectivity index (χ1v) is 14.2. The van der Waals surface area contributed by atoms with Crippen LogP contribution in [0, 0.1) is 5.82 Å². The number of rotatable bonds is 6. The number of aromatic nitrogens is 3. The van der Waals surface area contributed by atoms with Crippen molar-refractivity contribution in [3.8, 4) is 22.7 Å². The molecule has 1 fully saturated rings. The van der Waals surface area contributed by atoms with E-state index in [2.05, 4.69) is 15.2 Å². The second-order valence-corrected chi connectivity index (χ2v) is 11.0. The van der Waals surface area contributed by atoms with Gasteiger partial charge in [-0.15, -0.1) is 10.2 Å². The fraction of sp³-hybridized carbons (Fsp3) is 0.206. The van der Waals surface area contributed by atoms with Crippen LogP contribution >= 0.6 is 0 Å². The maximum absolute atomic E-state index is 14.9. The number of nitrogens with zero attached hydrogens (tertiary/aromatic N) is 4. The zero-order chi connectivity index (χ0) is 30.4. The number of aliphatic imine (C=N–C) groups is 1. The topological polar surface area (TPSA) is 81.2 Å². The first kappa shape index (κ1) is 27.8. The highest BCUT2D eigenvalue weighted by molar-refractivity contribution is 6.16. The van der Waals surface area contributed by atoms with Crippen molar-refractivity contribution < 1.29 is 26.8 Å². The van der Waals surface area contributed by atoms with Crippen LogP contribution < -0.4 is 0 Å². The summed E-state index contributed by atoms with van der Waals surface area (Å²) < 4.78 is 61.7. The molecule has 44 heavy (non-hydrogen) atoms. The SMILES string of the molecule is O=C1Cc2c(F)cccc2C(c2ccccc2)=N[C@@H]1Cc1nnc(-c2ncc(C(F)(F)F)cc2-c2ccc(C3CC3)cc2)o1. The fourth-order valence-corrected chi connectivity index (χ4v) is 5.49. The molecular formula is C34H24F4N4O2. The number of carbonyl (C=O) groups excluding carboxylic acids is 1. The second-order valence-electron chi connectivity index (χ2n) is 11.0. The summed E-state index contributed by atoms with van der Waals surface area (Å²) in [4.78, 5) is 22.2. The smallest absolute Gasteiger partial charge is 0.417 e. The summed E-state index contributed by atoms with van der Waals surface area (Å²) >= 11 is 0. The van der Waals surface area contributed by atoms with E-state index in [4.69, 9.17) is 9.41 Å². The normalized spacial score (nSPS) is 16.8. The number of benzene rings is 3. The highest BCUT2D eigenvalue weighted by atomic mass is 19.4. The molecule has 0 bridgehead atoms. The number of hydrogen-bond acceptors (Lipinski definition) is 6. The van der Waals surface area contributed by atoms with Crippen LogP contribution in [0.1, 0.15) is 52.5 Å². The predicted octanol–water partition coefficient (Wildman–Crippen LogP) is 7.41. The number of ketones is 1. The van der Waals surface area contributed by atoms with Gasteiger partial charge in [0, 0.05) is 34.9 Å². The van der Waals surface area contributed by atoms with Gasteiger partial charge in [0.25, 0.3) is 5.89 Å². The Morgan fingerprint density at radius 1 is 0.864 bits per heavy atom. The molecule has 2 aromatic heterocycles. The number of hydrogen-bond donors (Lipinski definition) is 0. The van der Waals surface area contributed by atoms with E-state index in [9.17, 15) is 22.4 Å². The van der Waals surface area contributed by atoms with Gasteiger partial charge in [0.15, 0.2) is 5.78 Å². The molecule has 0 N–H and O–H groups in total. The summed E-state index contributed by atoms with van der Waals surface area (Å²) in [6, 6.07) is 21.2. The van der Waals surface area contributed by atoms with Crippen LogP contribution in [-0.4, -0.2) is 32.7 Å². The lowest BCUT2D eigenvalue weighted by molar-refractivity contribution is -0.137. The average Bonchev–Trinajstić information content (AvgIpc) is 3.80. The molecule has 0 spiro atoms. The lowest BCUT2D eigenvalue weighted by atomic mass is 9.95. The molecule has 3 heterocycles. The van der Waals surface area contributed by atoms with Gasteiger partial charge in [0.1, 0.15) is 17.6 Å². The van der Waals surface area contributed by atoms with Crippen LogP contribution in [0.5, 0.6) is 0 Å². The summed E-state index contributed by atoms with van der Waals surface area (Å²) in [7, 11) is 0. The summed E-state index contributed by atoms with van der Waals surface area (Å²) in [6.45, 7) is 0.